The van der Waals surface area contributed by atoms with Crippen molar-refractivity contribution in [2.24, 2.45) is 5.92 Å². The summed E-state index contributed by atoms with van der Waals surface area (Å²) in [6, 6.07) is 8.29. The van der Waals surface area contributed by atoms with E-state index in [2.05, 4.69) is 23.5 Å². The zero-order valence-corrected chi connectivity index (χ0v) is 11.9. The monoisotopic (exact) mass is 274 g/mol. The van der Waals surface area contributed by atoms with E-state index in [1.54, 1.807) is 11.9 Å². The molecule has 0 aliphatic heterocycles. The second-order valence-corrected chi connectivity index (χ2v) is 6.07. The molecule has 1 saturated carbocycles. The number of carbonyl (C=O) groups is 1. The van der Waals surface area contributed by atoms with Crippen LogP contribution in [0.25, 0.3) is 0 Å². The number of fused-ring (bicyclic) bond motifs is 1. The number of hydrogen-bond acceptors (Lipinski definition) is 2. The maximum atomic E-state index is 12.0. The lowest BCUT2D eigenvalue weighted by atomic mass is 9.78. The Morgan fingerprint density at radius 1 is 1.45 bits per heavy atom. The van der Waals surface area contributed by atoms with Gasteiger partial charge in [-0.1, -0.05) is 24.3 Å². The summed E-state index contributed by atoms with van der Waals surface area (Å²) in [5.41, 5.74) is 2.75. The van der Waals surface area contributed by atoms with E-state index in [-0.39, 0.29) is 12.1 Å². The Morgan fingerprint density at radius 3 is 2.90 bits per heavy atom. The van der Waals surface area contributed by atoms with Gasteiger partial charge in [-0.15, -0.1) is 0 Å². The minimum Gasteiger partial charge on any atom is -0.391 e. The molecule has 0 heterocycles. The van der Waals surface area contributed by atoms with Crippen molar-refractivity contribution in [1.82, 2.24) is 10.2 Å². The van der Waals surface area contributed by atoms with Crippen molar-refractivity contribution in [3.63, 3.8) is 0 Å². The van der Waals surface area contributed by atoms with Gasteiger partial charge >= 0.3 is 6.03 Å². The first kappa shape index (κ1) is 13.4. The number of nitrogens with zero attached hydrogens (tertiary/aromatic N) is 1. The average Bonchev–Trinajstić information content (AvgIpc) is 3.23. The van der Waals surface area contributed by atoms with Gasteiger partial charge in [-0.05, 0) is 36.3 Å². The summed E-state index contributed by atoms with van der Waals surface area (Å²) in [6.07, 6.45) is 2.87. The molecule has 0 bridgehead atoms. The molecule has 2 N–H and O–H groups in total. The largest absolute Gasteiger partial charge is 0.391 e. The SMILES string of the molecule is CN(CC(O)C1CC1)C(=O)NCC1Cc2ccccc21. The van der Waals surface area contributed by atoms with Crippen LogP contribution in [0.3, 0.4) is 0 Å². The molecule has 4 heteroatoms. The molecule has 2 aliphatic carbocycles. The molecular formula is C16H22N2O2. The summed E-state index contributed by atoms with van der Waals surface area (Å²) in [5.74, 6) is 0.848. The standard InChI is InChI=1S/C16H22N2O2/c1-18(10-15(19)11-6-7-11)16(20)17-9-13-8-12-4-2-3-5-14(12)13/h2-5,11,13,15,19H,6-10H2,1H3,(H,17,20). The van der Waals surface area contributed by atoms with Crippen molar-refractivity contribution in [2.75, 3.05) is 20.1 Å². The van der Waals surface area contributed by atoms with Gasteiger partial charge < -0.3 is 15.3 Å². The van der Waals surface area contributed by atoms with Gasteiger partial charge in [0.05, 0.1) is 6.10 Å². The number of urea groups is 1. The lowest BCUT2D eigenvalue weighted by Gasteiger charge is -2.31. The van der Waals surface area contributed by atoms with E-state index in [1.165, 1.54) is 11.1 Å². The Balaban J connectivity index is 1.43. The van der Waals surface area contributed by atoms with Crippen LogP contribution in [0.5, 0.6) is 0 Å². The van der Waals surface area contributed by atoms with Crippen LogP contribution in [0.15, 0.2) is 24.3 Å². The van der Waals surface area contributed by atoms with E-state index in [1.807, 2.05) is 6.07 Å². The van der Waals surface area contributed by atoms with Gasteiger partial charge in [0.15, 0.2) is 0 Å². The molecule has 0 radical (unpaired) electrons. The lowest BCUT2D eigenvalue weighted by molar-refractivity contribution is 0.113. The Morgan fingerprint density at radius 2 is 2.20 bits per heavy atom. The quantitative estimate of drug-likeness (QED) is 0.859. The molecule has 108 valence electrons. The van der Waals surface area contributed by atoms with Crippen LogP contribution in [0.1, 0.15) is 29.9 Å². The van der Waals surface area contributed by atoms with Crippen molar-refractivity contribution in [3.05, 3.63) is 35.4 Å². The van der Waals surface area contributed by atoms with Gasteiger partial charge in [-0.2, -0.15) is 0 Å². The van der Waals surface area contributed by atoms with E-state index >= 15 is 0 Å². The zero-order chi connectivity index (χ0) is 14.1. The van der Waals surface area contributed by atoms with E-state index in [0.717, 1.165) is 19.3 Å². The van der Waals surface area contributed by atoms with Crippen molar-refractivity contribution < 1.29 is 9.90 Å². The number of rotatable bonds is 5. The molecule has 0 saturated heterocycles. The third kappa shape index (κ3) is 2.80. The van der Waals surface area contributed by atoms with Crippen molar-refractivity contribution >= 4 is 6.03 Å². The maximum Gasteiger partial charge on any atom is 0.317 e. The van der Waals surface area contributed by atoms with Crippen molar-refractivity contribution in [1.29, 1.82) is 0 Å². The Bertz CT molecular complexity index is 499. The van der Waals surface area contributed by atoms with Gasteiger partial charge in [-0.3, -0.25) is 0 Å². The molecule has 2 aliphatic rings. The van der Waals surface area contributed by atoms with Crippen molar-refractivity contribution in [2.45, 2.75) is 31.3 Å². The van der Waals surface area contributed by atoms with Crippen LogP contribution in [-0.4, -0.2) is 42.3 Å². The second-order valence-electron chi connectivity index (χ2n) is 6.07. The minimum atomic E-state index is -0.366. The van der Waals surface area contributed by atoms with Crippen LogP contribution in [-0.2, 0) is 6.42 Å². The summed E-state index contributed by atoms with van der Waals surface area (Å²) >= 11 is 0. The fourth-order valence-corrected chi connectivity index (χ4v) is 2.88. The summed E-state index contributed by atoms with van der Waals surface area (Å²) in [6.45, 7) is 1.11. The zero-order valence-electron chi connectivity index (χ0n) is 11.9. The van der Waals surface area contributed by atoms with Gasteiger partial charge in [0.25, 0.3) is 0 Å². The number of nitrogens with one attached hydrogen (secondary N) is 1. The number of aliphatic hydroxyl groups excluding tert-OH is 1. The summed E-state index contributed by atoms with van der Waals surface area (Å²) in [5, 5.41) is 12.8. The minimum absolute atomic E-state index is 0.0888. The molecule has 1 aromatic carbocycles. The van der Waals surface area contributed by atoms with E-state index in [9.17, 15) is 9.90 Å². The molecule has 1 fully saturated rings. The number of aliphatic hydroxyl groups is 1. The topological polar surface area (TPSA) is 52.6 Å². The molecule has 20 heavy (non-hydrogen) atoms. The van der Waals surface area contributed by atoms with Gasteiger partial charge in [0, 0.05) is 26.1 Å². The third-order valence-electron chi connectivity index (χ3n) is 4.43. The van der Waals surface area contributed by atoms with Crippen LogP contribution in [0.4, 0.5) is 4.79 Å². The molecule has 4 nitrogen and oxygen atoms in total. The average molecular weight is 274 g/mol. The highest BCUT2D eigenvalue weighted by atomic mass is 16.3. The Hall–Kier alpha value is -1.55. The molecular weight excluding hydrogens is 252 g/mol. The first-order valence-electron chi connectivity index (χ1n) is 7.40. The van der Waals surface area contributed by atoms with Crippen LogP contribution < -0.4 is 5.32 Å². The fraction of sp³-hybridized carbons (Fsp3) is 0.562. The predicted molar refractivity (Wildman–Crippen MR) is 77.6 cm³/mol. The third-order valence-corrected chi connectivity index (χ3v) is 4.43. The number of carbonyl (C=O) groups excluding carboxylic acids is 1. The maximum absolute atomic E-state index is 12.0. The molecule has 3 rings (SSSR count). The van der Waals surface area contributed by atoms with Crippen LogP contribution >= 0.6 is 0 Å². The van der Waals surface area contributed by atoms with Gasteiger partial charge in [0.2, 0.25) is 0 Å². The fourth-order valence-electron chi connectivity index (χ4n) is 2.88. The van der Waals surface area contributed by atoms with E-state index in [4.69, 9.17) is 0 Å². The van der Waals surface area contributed by atoms with E-state index < -0.39 is 0 Å². The molecule has 2 atom stereocenters. The summed E-state index contributed by atoms with van der Waals surface area (Å²) in [7, 11) is 1.75. The molecule has 0 aromatic heterocycles. The molecule has 0 spiro atoms. The van der Waals surface area contributed by atoms with Gasteiger partial charge in [0.1, 0.15) is 0 Å². The number of likely N-dealkylation sites (N-methyl/N-ethyl adjacent to an activating group) is 1. The number of amides is 2. The highest BCUT2D eigenvalue weighted by Crippen LogP contribution is 2.34. The predicted octanol–water partition coefficient (Wildman–Crippen LogP) is 1.74. The highest BCUT2D eigenvalue weighted by molar-refractivity contribution is 5.74. The van der Waals surface area contributed by atoms with Gasteiger partial charge in [-0.25, -0.2) is 4.79 Å². The Kier molecular flexibility index (Phi) is 3.66. The van der Waals surface area contributed by atoms with Crippen molar-refractivity contribution in [3.8, 4) is 0 Å². The van der Waals surface area contributed by atoms with Crippen LogP contribution in [0, 0.1) is 5.92 Å². The first-order valence-corrected chi connectivity index (χ1v) is 7.40. The van der Waals surface area contributed by atoms with Crippen LogP contribution in [0.2, 0.25) is 0 Å². The highest BCUT2D eigenvalue weighted by Gasteiger charge is 2.31. The first-order chi connectivity index (χ1) is 9.65. The Labute approximate surface area is 119 Å². The summed E-state index contributed by atoms with van der Waals surface area (Å²) < 4.78 is 0. The molecule has 1 aromatic rings. The second kappa shape index (κ2) is 5.44. The molecule has 2 amide bonds. The number of benzene rings is 1. The molecule has 2 unspecified atom stereocenters. The lowest BCUT2D eigenvalue weighted by Crippen LogP contribution is -2.44. The normalized spacial score (nSPS) is 21.6. The summed E-state index contributed by atoms with van der Waals surface area (Å²) in [4.78, 5) is 13.6. The smallest absolute Gasteiger partial charge is 0.317 e. The van der Waals surface area contributed by atoms with E-state index in [0.29, 0.717) is 24.9 Å². The number of hydrogen-bond donors (Lipinski definition) is 2.